The summed E-state index contributed by atoms with van der Waals surface area (Å²) in [5, 5.41) is 7.13. The Balaban J connectivity index is 2.05. The molecule has 0 atom stereocenters. The first-order chi connectivity index (χ1) is 9.50. The molecule has 1 N–H and O–H groups in total. The minimum atomic E-state index is 0.259. The van der Waals surface area contributed by atoms with Gasteiger partial charge in [-0.05, 0) is 27.7 Å². The number of aryl methyl sites for hydroxylation is 1. The van der Waals surface area contributed by atoms with Crippen LogP contribution in [0, 0.1) is 6.92 Å². The van der Waals surface area contributed by atoms with Crippen LogP contribution in [-0.2, 0) is 6.54 Å². The summed E-state index contributed by atoms with van der Waals surface area (Å²) in [4.78, 5) is 11.1. The smallest absolute Gasteiger partial charge is 0.248 e. The number of rotatable bonds is 3. The monoisotopic (exact) mass is 297 g/mol. The highest BCUT2D eigenvalue weighted by Crippen LogP contribution is 2.29. The predicted octanol–water partition coefficient (Wildman–Crippen LogP) is 1.67. The molecule has 20 heavy (non-hydrogen) atoms. The molecule has 0 aliphatic carbocycles. The Morgan fingerprint density at radius 3 is 2.95 bits per heavy atom. The van der Waals surface area contributed by atoms with E-state index in [0.717, 1.165) is 31.3 Å². The summed E-state index contributed by atoms with van der Waals surface area (Å²) in [5.74, 6) is 3.26. The molecule has 7 heteroatoms. The normalized spacial score (nSPS) is 19.2. The number of hydrogen-bond acceptors (Lipinski definition) is 5. The number of guanidine groups is 1. The Bertz CT molecular complexity index is 471. The van der Waals surface area contributed by atoms with Gasteiger partial charge >= 0.3 is 0 Å². The summed E-state index contributed by atoms with van der Waals surface area (Å²) >= 11 is 2.01. The first-order valence-electron chi connectivity index (χ1n) is 6.96. The number of aliphatic imine (C=N–C) groups is 1. The maximum absolute atomic E-state index is 5.10. The van der Waals surface area contributed by atoms with Crippen LogP contribution < -0.4 is 5.32 Å². The first-order valence-corrected chi connectivity index (χ1v) is 7.95. The van der Waals surface area contributed by atoms with Crippen molar-refractivity contribution >= 4 is 17.7 Å². The van der Waals surface area contributed by atoms with E-state index in [4.69, 9.17) is 4.52 Å². The molecule has 6 nitrogen and oxygen atoms in total. The molecular weight excluding hydrogens is 274 g/mol. The van der Waals surface area contributed by atoms with Crippen molar-refractivity contribution in [3.8, 4) is 0 Å². The standard InChI is InChI=1S/C13H23N5OS/c1-5-14-12(15-8-11-16-10(2)17-19-11)18-6-7-20-13(3,4)9-18/h5-9H2,1-4H3,(H,14,15). The molecule has 1 fully saturated rings. The van der Waals surface area contributed by atoms with Crippen molar-refractivity contribution in [1.29, 1.82) is 0 Å². The average molecular weight is 297 g/mol. The Morgan fingerprint density at radius 1 is 1.55 bits per heavy atom. The lowest BCUT2D eigenvalue weighted by molar-refractivity contribution is 0.365. The van der Waals surface area contributed by atoms with Gasteiger partial charge in [0.1, 0.15) is 6.54 Å². The Morgan fingerprint density at radius 2 is 2.35 bits per heavy atom. The second-order valence-corrected chi connectivity index (χ2v) is 7.24. The number of hydrogen-bond donors (Lipinski definition) is 1. The van der Waals surface area contributed by atoms with Crippen LogP contribution in [0.1, 0.15) is 32.5 Å². The van der Waals surface area contributed by atoms with Crippen molar-refractivity contribution in [1.82, 2.24) is 20.4 Å². The molecule has 2 rings (SSSR count). The van der Waals surface area contributed by atoms with Crippen LogP contribution in [0.3, 0.4) is 0 Å². The summed E-state index contributed by atoms with van der Waals surface area (Å²) in [6, 6.07) is 0. The molecule has 2 heterocycles. The van der Waals surface area contributed by atoms with Gasteiger partial charge in [0.2, 0.25) is 5.89 Å². The van der Waals surface area contributed by atoms with Crippen LogP contribution in [0.4, 0.5) is 0 Å². The second-order valence-electron chi connectivity index (χ2n) is 5.44. The molecule has 1 aromatic rings. The van der Waals surface area contributed by atoms with Gasteiger partial charge < -0.3 is 14.7 Å². The number of thioether (sulfide) groups is 1. The van der Waals surface area contributed by atoms with Crippen LogP contribution >= 0.6 is 11.8 Å². The molecule has 1 aliphatic heterocycles. The van der Waals surface area contributed by atoms with Crippen LogP contribution in [0.2, 0.25) is 0 Å². The molecule has 0 radical (unpaired) electrons. The van der Waals surface area contributed by atoms with E-state index in [9.17, 15) is 0 Å². The minimum Gasteiger partial charge on any atom is -0.357 e. The fourth-order valence-electron chi connectivity index (χ4n) is 2.17. The molecule has 0 unspecified atom stereocenters. The predicted molar refractivity (Wildman–Crippen MR) is 82.0 cm³/mol. The molecule has 1 aromatic heterocycles. The van der Waals surface area contributed by atoms with Crippen molar-refractivity contribution in [3.05, 3.63) is 11.7 Å². The molecule has 0 spiro atoms. The number of aromatic nitrogens is 2. The molecule has 0 aromatic carbocycles. The molecule has 0 amide bonds. The molecule has 1 saturated heterocycles. The molecule has 0 saturated carbocycles. The van der Waals surface area contributed by atoms with Crippen molar-refractivity contribution in [2.45, 2.75) is 39.0 Å². The van der Waals surface area contributed by atoms with Gasteiger partial charge in [-0.3, -0.25) is 0 Å². The van der Waals surface area contributed by atoms with Gasteiger partial charge in [0.25, 0.3) is 0 Å². The van der Waals surface area contributed by atoms with Crippen LogP contribution in [0.25, 0.3) is 0 Å². The third-order valence-electron chi connectivity index (χ3n) is 2.99. The summed E-state index contributed by atoms with van der Waals surface area (Å²) < 4.78 is 5.36. The van der Waals surface area contributed by atoms with Gasteiger partial charge in [0.15, 0.2) is 11.8 Å². The molecule has 112 valence electrons. The largest absolute Gasteiger partial charge is 0.357 e. The van der Waals surface area contributed by atoms with Gasteiger partial charge in [-0.15, -0.1) is 0 Å². The van der Waals surface area contributed by atoms with E-state index in [2.05, 4.69) is 46.1 Å². The van der Waals surface area contributed by atoms with E-state index in [1.165, 1.54) is 0 Å². The summed E-state index contributed by atoms with van der Waals surface area (Å²) in [5.41, 5.74) is 0. The van der Waals surface area contributed by atoms with Gasteiger partial charge in [0, 0.05) is 30.1 Å². The Labute approximate surface area is 124 Å². The van der Waals surface area contributed by atoms with Crippen molar-refractivity contribution in [3.63, 3.8) is 0 Å². The topological polar surface area (TPSA) is 66.5 Å². The lowest BCUT2D eigenvalue weighted by atomic mass is 10.2. The maximum atomic E-state index is 5.10. The van der Waals surface area contributed by atoms with E-state index in [0.29, 0.717) is 18.3 Å². The Hall–Kier alpha value is -1.24. The summed E-state index contributed by atoms with van der Waals surface area (Å²) in [6.07, 6.45) is 0. The minimum absolute atomic E-state index is 0.259. The number of nitrogens with one attached hydrogen (secondary N) is 1. The van der Waals surface area contributed by atoms with Gasteiger partial charge in [-0.2, -0.15) is 16.7 Å². The third-order valence-corrected chi connectivity index (χ3v) is 4.29. The van der Waals surface area contributed by atoms with E-state index < -0.39 is 0 Å². The SMILES string of the molecule is CCNC(=NCc1nc(C)no1)N1CCSC(C)(C)C1. The van der Waals surface area contributed by atoms with E-state index in [1.54, 1.807) is 0 Å². The van der Waals surface area contributed by atoms with Gasteiger partial charge in [0.05, 0.1) is 0 Å². The Kier molecular flexibility index (Phi) is 4.91. The van der Waals surface area contributed by atoms with Gasteiger partial charge in [-0.25, -0.2) is 4.99 Å². The zero-order valence-corrected chi connectivity index (χ0v) is 13.5. The lowest BCUT2D eigenvalue weighted by Crippen LogP contribution is -2.50. The lowest BCUT2D eigenvalue weighted by Gasteiger charge is -2.39. The highest BCUT2D eigenvalue weighted by atomic mass is 32.2. The van der Waals surface area contributed by atoms with Crippen molar-refractivity contribution in [2.24, 2.45) is 4.99 Å². The molecule has 0 bridgehead atoms. The van der Waals surface area contributed by atoms with Crippen LogP contribution in [0.5, 0.6) is 0 Å². The van der Waals surface area contributed by atoms with Crippen LogP contribution in [-0.4, -0.2) is 51.1 Å². The van der Waals surface area contributed by atoms with Crippen LogP contribution in [0.15, 0.2) is 9.52 Å². The fourth-order valence-corrected chi connectivity index (χ4v) is 3.28. The molecular formula is C13H23N5OS. The summed E-state index contributed by atoms with van der Waals surface area (Å²) in [6.45, 7) is 11.7. The molecule has 1 aliphatic rings. The van der Waals surface area contributed by atoms with Gasteiger partial charge in [-0.1, -0.05) is 5.16 Å². The van der Waals surface area contributed by atoms with Crippen molar-refractivity contribution in [2.75, 3.05) is 25.4 Å². The highest BCUT2D eigenvalue weighted by Gasteiger charge is 2.28. The fraction of sp³-hybridized carbons (Fsp3) is 0.769. The van der Waals surface area contributed by atoms with E-state index >= 15 is 0 Å². The van der Waals surface area contributed by atoms with E-state index in [1.807, 2.05) is 18.7 Å². The van der Waals surface area contributed by atoms with Crippen molar-refractivity contribution < 1.29 is 4.52 Å². The third kappa shape index (κ3) is 4.13. The second kappa shape index (κ2) is 6.47. The summed E-state index contributed by atoms with van der Waals surface area (Å²) in [7, 11) is 0. The van der Waals surface area contributed by atoms with E-state index in [-0.39, 0.29) is 4.75 Å². The average Bonchev–Trinajstić information content (AvgIpc) is 2.79. The highest BCUT2D eigenvalue weighted by molar-refractivity contribution is 8.00. The maximum Gasteiger partial charge on any atom is 0.248 e. The first kappa shape index (κ1) is 15.2. The quantitative estimate of drug-likeness (QED) is 0.676. The zero-order chi connectivity index (χ0) is 14.6. The zero-order valence-electron chi connectivity index (χ0n) is 12.6. The number of nitrogens with zero attached hydrogens (tertiary/aromatic N) is 4.